The molecule has 2 radical (unpaired) electrons. The van der Waals surface area contributed by atoms with E-state index in [0.29, 0.717) is 0 Å². The monoisotopic (exact) mass is 1470 g/mol. The third-order valence-corrected chi connectivity index (χ3v) is 5.87. The summed E-state index contributed by atoms with van der Waals surface area (Å²) in [5.41, 5.74) is 5.63. The first-order chi connectivity index (χ1) is 37.0. The molecule has 0 fully saturated rings. The van der Waals surface area contributed by atoms with Crippen LogP contribution in [0, 0.1) is 138 Å². The van der Waals surface area contributed by atoms with Crippen LogP contribution in [0.3, 0.4) is 0 Å². The van der Waals surface area contributed by atoms with Gasteiger partial charge in [0, 0.05) is 95.7 Å². The van der Waals surface area contributed by atoms with Gasteiger partial charge in [-0.15, -0.1) is 0 Å². The van der Waals surface area contributed by atoms with Gasteiger partial charge in [0.2, 0.25) is 38.5 Å². The summed E-state index contributed by atoms with van der Waals surface area (Å²) in [5, 5.41) is 90.7. The van der Waals surface area contributed by atoms with E-state index in [9.17, 15) is 48.6 Å². The summed E-state index contributed by atoms with van der Waals surface area (Å²) >= 11 is 0. The van der Waals surface area contributed by atoms with Crippen LogP contribution in [0.25, 0.3) is 0 Å². The molecule has 3 aromatic carbocycles. The predicted octanol–water partition coefficient (Wildman–Crippen LogP) is -1.35. The molecule has 0 aliphatic heterocycles. The number of benzene rings is 3. The van der Waals surface area contributed by atoms with Crippen LogP contribution in [-0.2, 0) is 28.8 Å². The molecule has 0 aromatic heterocycles. The predicted molar refractivity (Wildman–Crippen MR) is 281 cm³/mol. The van der Waals surface area contributed by atoms with Crippen molar-refractivity contribution in [1.29, 1.82) is 0 Å². The van der Waals surface area contributed by atoms with Gasteiger partial charge >= 0.3 is 76.3 Å². The summed E-state index contributed by atoms with van der Waals surface area (Å²) in [5.74, 6) is -1.41. The molecule has 0 spiro atoms. The number of hydrogen-bond donors (Lipinski definition) is 2. The summed E-state index contributed by atoms with van der Waals surface area (Å²) in [6.07, 6.45) is 6.94. The third kappa shape index (κ3) is 82.6. The second-order valence-corrected chi connectivity index (χ2v) is 14.0. The van der Waals surface area contributed by atoms with Crippen molar-refractivity contribution < 1.29 is 155 Å². The molecule has 40 heteroatoms. The minimum atomic E-state index is -1.75. The number of hydrogen-bond acceptors (Lipinski definition) is 26. The fourth-order valence-electron chi connectivity index (χ4n) is 2.81. The van der Waals surface area contributed by atoms with Crippen LogP contribution in [0.2, 0.25) is 0 Å². The molecule has 38 nitrogen and oxygen atoms in total. The van der Waals surface area contributed by atoms with Crippen molar-refractivity contribution in [2.24, 2.45) is 10.2 Å². The Kier molecular flexibility index (Phi) is 75.6. The van der Waals surface area contributed by atoms with E-state index < -0.39 is 32.2 Å². The summed E-state index contributed by atoms with van der Waals surface area (Å²) in [6, 6.07) is 15.2. The maximum absolute atomic E-state index is 12.2. The van der Waals surface area contributed by atoms with Gasteiger partial charge in [0.05, 0.1) is 47.0 Å². The number of hydrazone groups is 2. The first-order valence-corrected chi connectivity index (χ1v) is 20.4. The molecule has 8 amide bonds. The van der Waals surface area contributed by atoms with Crippen LogP contribution in [0.15, 0.2) is 70.9 Å². The second-order valence-electron chi connectivity index (χ2n) is 14.0. The van der Waals surface area contributed by atoms with Crippen molar-refractivity contribution in [1.82, 2.24) is 40.3 Å². The van der Waals surface area contributed by atoms with E-state index in [1.807, 2.05) is 0 Å². The Morgan fingerprint density at radius 1 is 0.415 bits per heavy atom. The fourth-order valence-corrected chi connectivity index (χ4v) is 2.81. The molecule has 0 saturated carbocycles. The maximum atomic E-state index is 12.2. The van der Waals surface area contributed by atoms with Crippen LogP contribution < -0.4 is 30.5 Å². The molecular weight excluding hydrogens is 1410 g/mol. The van der Waals surface area contributed by atoms with Gasteiger partial charge < -0.3 is 110 Å². The Hall–Kier alpha value is -8.69. The largest absolute Gasteiger partial charge is 3.00 e. The minimum absolute atomic E-state index is 0. The molecule has 464 valence electrons. The number of ether oxygens (including phenoxy) is 2. The topological polar surface area (TPSA) is 534 Å². The Morgan fingerprint density at radius 3 is 0.732 bits per heavy atom. The van der Waals surface area contributed by atoms with E-state index in [-0.39, 0.29) is 122 Å². The van der Waals surface area contributed by atoms with Gasteiger partial charge in [-0.05, 0) is 47.5 Å². The summed E-state index contributed by atoms with van der Waals surface area (Å²) in [7, 11) is 23.0. The van der Waals surface area contributed by atoms with E-state index in [1.54, 1.807) is 109 Å². The fraction of sp³-hybridized carbons (Fsp3) is 0.333. The molecule has 0 unspecified atom stereocenters. The van der Waals surface area contributed by atoms with Crippen molar-refractivity contribution in [3.8, 4) is 23.0 Å². The number of nitrogens with zero attached hydrogens (tertiary/aromatic N) is 12. The van der Waals surface area contributed by atoms with E-state index in [4.69, 9.17) is 70.8 Å². The number of methoxy groups -OCH3 is 2. The van der Waals surface area contributed by atoms with Crippen molar-refractivity contribution in [3.63, 3.8) is 0 Å². The zero-order valence-corrected chi connectivity index (χ0v) is 50.2. The summed E-state index contributed by atoms with van der Waals surface area (Å²) in [6.45, 7) is 0. The van der Waals surface area contributed by atoms with Crippen molar-refractivity contribution >= 4 is 62.7 Å². The molecular formula is C42H62Dy2N14O24. The number of nitrogens with one attached hydrogen (secondary N) is 2. The molecule has 0 heterocycles. The van der Waals surface area contributed by atoms with E-state index >= 15 is 0 Å². The summed E-state index contributed by atoms with van der Waals surface area (Å²) < 4.78 is 9.91. The zero-order chi connectivity index (χ0) is 64.5. The zero-order valence-electron chi connectivity index (χ0n) is 46.2. The second kappa shape index (κ2) is 64.8. The summed E-state index contributed by atoms with van der Waals surface area (Å²) in [4.78, 5) is 123. The molecule has 0 atom stereocenters. The van der Waals surface area contributed by atoms with Gasteiger partial charge in [-0.3, -0.25) is 38.4 Å². The van der Waals surface area contributed by atoms with Gasteiger partial charge in [0.15, 0.2) is 0 Å². The Labute approximate surface area is 530 Å². The van der Waals surface area contributed by atoms with E-state index in [1.165, 1.54) is 92.4 Å². The third-order valence-electron chi connectivity index (χ3n) is 5.87. The number of amides is 8. The molecule has 0 bridgehead atoms. The van der Waals surface area contributed by atoms with Crippen LogP contribution in [0.4, 0.5) is 0 Å². The van der Waals surface area contributed by atoms with Gasteiger partial charge in [0.1, 0.15) is 11.5 Å². The van der Waals surface area contributed by atoms with Crippen molar-refractivity contribution in [3.05, 3.63) is 144 Å². The van der Waals surface area contributed by atoms with Crippen LogP contribution in [-0.4, -0.2) is 211 Å². The van der Waals surface area contributed by atoms with E-state index in [2.05, 4.69) is 21.1 Å². The van der Waals surface area contributed by atoms with Gasteiger partial charge in [-0.1, -0.05) is 35.8 Å². The molecule has 3 rings (SSSR count). The van der Waals surface area contributed by atoms with Crippen molar-refractivity contribution in [2.45, 2.75) is 0 Å². The number of rotatable bonds is 14. The van der Waals surface area contributed by atoms with Crippen molar-refractivity contribution in [2.75, 3.05) is 98.8 Å². The van der Waals surface area contributed by atoms with Crippen LogP contribution in [0.1, 0.15) is 31.8 Å². The SMILES string of the molecule is CN(C)C=O.CN(C)C=O.CN(C)C=O.CN(C)C=O.CN(C)C=O.CN(C)C=O.COc1cccc(/C=N/NC(=O)c2ccc(C(=O)N/N=C/c3cccc(OC)c3[O-])cc2)c1[O-].O=[N+]([O-])[O-].O=[N+]([O-])[O-].O=[N+]([O-])[O-].O=[N+]([O-])[O-].[Dy+3].[Dy+3]. The molecule has 0 aliphatic carbocycles. The Bertz CT molecular complexity index is 2050. The Morgan fingerprint density at radius 2 is 0.585 bits per heavy atom. The average molecular weight is 1470 g/mol. The van der Waals surface area contributed by atoms with E-state index in [0.717, 1.165) is 38.5 Å². The number of para-hydroxylation sites is 2. The van der Waals surface area contributed by atoms with Gasteiger partial charge in [-0.25, -0.2) is 10.9 Å². The van der Waals surface area contributed by atoms with Crippen LogP contribution >= 0.6 is 0 Å². The molecule has 3 aromatic rings. The number of carbonyl (C=O) groups is 8. The number of carbonyl (C=O) groups excluding carboxylic acids is 8. The molecule has 2 N–H and O–H groups in total. The smallest absolute Gasteiger partial charge is 0.870 e. The van der Waals surface area contributed by atoms with Gasteiger partial charge in [-0.2, -0.15) is 10.2 Å². The maximum Gasteiger partial charge on any atom is 3.00 e. The quantitative estimate of drug-likeness (QED) is 0.0815. The standard InChI is InChI=1S/C24H22N4O6.6C3H7NO.2Dy.4NO3/c1-33-19-7-3-5-17(21(19)29)13-25-27-23(31)15-9-11-16(12-10-15)24(32)28-26-14-18-6-4-8-20(34-2)22(18)30;6*1-4(2)3-5;;;4*2-1(3)4/h3-14,29-30H,1-2H3,(H,27,31)(H,28,32);6*3H,1-2H3;;;;;;/q;;;;;;;2*+3;4*-1/p-2/b25-13+,26-14+;;;;;;;;;;;;. The van der Waals surface area contributed by atoms with Crippen LogP contribution in [0.5, 0.6) is 23.0 Å². The average Bonchev–Trinajstić information content (AvgIpc) is 3.37. The normalized spacial score (nSPS) is 8.17. The van der Waals surface area contributed by atoms with Gasteiger partial charge in [0.25, 0.3) is 11.8 Å². The first-order valence-electron chi connectivity index (χ1n) is 20.4. The Balaban J connectivity index is -0.000000109. The first kappa shape index (κ1) is 95.6. The molecule has 0 aliphatic rings. The minimum Gasteiger partial charge on any atom is -0.870 e. The molecule has 0 saturated heterocycles. The molecule has 82 heavy (non-hydrogen) atoms.